The Kier molecular flexibility index (Phi) is 18.2. The average molecular weight is 441 g/mol. The highest BCUT2D eigenvalue weighted by molar-refractivity contribution is 5.87. The zero-order valence-electron chi connectivity index (χ0n) is 19.8. The fourth-order valence-electron chi connectivity index (χ4n) is 3.34. The number of allylic oxidation sites excluding steroid dienone is 2. The van der Waals surface area contributed by atoms with Crippen LogP contribution in [0.4, 0.5) is 0 Å². The van der Waals surface area contributed by atoms with E-state index in [1.165, 1.54) is 44.9 Å². The molecule has 0 bridgehead atoms. The minimum atomic E-state index is -1.75. The fraction of sp³-hybridized carbons (Fsp3) is 0.800. The second-order valence-electron chi connectivity index (χ2n) is 8.40. The molecular formula is C25H44O6. The summed E-state index contributed by atoms with van der Waals surface area (Å²) in [4.78, 5) is 34.7. The van der Waals surface area contributed by atoms with Gasteiger partial charge >= 0.3 is 5.97 Å². The predicted octanol–water partition coefficient (Wildman–Crippen LogP) is 4.84. The Labute approximate surface area is 188 Å². The number of hydrogen-bond donors (Lipinski definition) is 2. The number of Topliss-reactive ketones (excluding diaryl/α,β-unsaturated/α-hetero) is 2. The van der Waals surface area contributed by atoms with Crippen LogP contribution in [0.2, 0.25) is 0 Å². The first-order chi connectivity index (χ1) is 14.8. The van der Waals surface area contributed by atoms with E-state index in [4.69, 9.17) is 4.74 Å². The average Bonchev–Trinajstić information content (AvgIpc) is 2.73. The predicted molar refractivity (Wildman–Crippen MR) is 123 cm³/mol. The largest absolute Gasteiger partial charge is 0.451 e. The van der Waals surface area contributed by atoms with Gasteiger partial charge in [0.05, 0.1) is 0 Å². The standard InChI is InChI=1S/C25H44O6/c1-4-5-6-7-8-9-10-11-12-13-14-15-16-17-18-19-22(28)31-25(21(3)27)24(30)23(29)20(2)26/h11-12,23-25,29-30H,4-10,13-19H2,1-3H3/b12-11-. The van der Waals surface area contributed by atoms with Crippen molar-refractivity contribution in [2.75, 3.05) is 0 Å². The van der Waals surface area contributed by atoms with Crippen LogP contribution in [-0.4, -0.2) is 46.1 Å². The number of unbranched alkanes of at least 4 members (excludes halogenated alkanes) is 11. The van der Waals surface area contributed by atoms with E-state index in [0.29, 0.717) is 6.42 Å². The Morgan fingerprint density at radius 2 is 1.23 bits per heavy atom. The topological polar surface area (TPSA) is 101 Å². The Balaban J connectivity index is 3.77. The van der Waals surface area contributed by atoms with Crippen molar-refractivity contribution in [1.82, 2.24) is 0 Å². The summed E-state index contributed by atoms with van der Waals surface area (Å²) < 4.78 is 5.00. The molecule has 0 amide bonds. The highest BCUT2D eigenvalue weighted by atomic mass is 16.6. The van der Waals surface area contributed by atoms with Crippen LogP contribution in [0.25, 0.3) is 0 Å². The molecule has 0 aliphatic rings. The molecule has 0 aliphatic carbocycles. The van der Waals surface area contributed by atoms with Crippen LogP contribution in [0.5, 0.6) is 0 Å². The highest BCUT2D eigenvalue weighted by Crippen LogP contribution is 2.12. The van der Waals surface area contributed by atoms with E-state index in [-0.39, 0.29) is 6.42 Å². The molecule has 31 heavy (non-hydrogen) atoms. The van der Waals surface area contributed by atoms with Crippen molar-refractivity contribution < 1.29 is 29.3 Å². The number of ketones is 2. The molecule has 0 saturated carbocycles. The summed E-state index contributed by atoms with van der Waals surface area (Å²) in [5.41, 5.74) is 0. The van der Waals surface area contributed by atoms with Crippen molar-refractivity contribution in [3.8, 4) is 0 Å². The lowest BCUT2D eigenvalue weighted by molar-refractivity contribution is -0.168. The smallest absolute Gasteiger partial charge is 0.306 e. The fourth-order valence-corrected chi connectivity index (χ4v) is 3.34. The Morgan fingerprint density at radius 3 is 1.71 bits per heavy atom. The summed E-state index contributed by atoms with van der Waals surface area (Å²) in [7, 11) is 0. The van der Waals surface area contributed by atoms with Gasteiger partial charge in [0, 0.05) is 6.42 Å². The van der Waals surface area contributed by atoms with Gasteiger partial charge in [0.1, 0.15) is 12.2 Å². The SMILES string of the molecule is CCCCCCCC/C=C\CCCCCCCC(=O)OC(C(C)=O)C(O)C(O)C(C)=O. The minimum absolute atomic E-state index is 0.144. The van der Waals surface area contributed by atoms with Gasteiger partial charge < -0.3 is 14.9 Å². The number of rotatable bonds is 20. The molecule has 0 aromatic heterocycles. The molecule has 0 heterocycles. The van der Waals surface area contributed by atoms with Crippen molar-refractivity contribution in [3.63, 3.8) is 0 Å². The highest BCUT2D eigenvalue weighted by Gasteiger charge is 2.35. The van der Waals surface area contributed by atoms with E-state index in [1.807, 2.05) is 0 Å². The molecule has 3 atom stereocenters. The zero-order chi connectivity index (χ0) is 23.5. The van der Waals surface area contributed by atoms with Gasteiger partial charge in [-0.25, -0.2) is 0 Å². The summed E-state index contributed by atoms with van der Waals surface area (Å²) in [6.45, 7) is 4.48. The molecule has 0 aromatic rings. The van der Waals surface area contributed by atoms with Gasteiger partial charge in [0.25, 0.3) is 0 Å². The maximum atomic E-state index is 11.9. The Morgan fingerprint density at radius 1 is 0.742 bits per heavy atom. The number of aliphatic hydroxyl groups excluding tert-OH is 2. The molecule has 3 unspecified atom stereocenters. The molecule has 0 spiro atoms. The first kappa shape index (κ1) is 29.5. The van der Waals surface area contributed by atoms with Crippen LogP contribution >= 0.6 is 0 Å². The Bertz CT molecular complexity index is 528. The summed E-state index contributed by atoms with van der Waals surface area (Å²) in [5.74, 6) is -1.90. The van der Waals surface area contributed by atoms with Crippen molar-refractivity contribution in [2.45, 2.75) is 129 Å². The lowest BCUT2D eigenvalue weighted by Crippen LogP contribution is -2.46. The third-order valence-electron chi connectivity index (χ3n) is 5.35. The number of carbonyl (C=O) groups excluding carboxylic acids is 3. The van der Waals surface area contributed by atoms with Crippen LogP contribution in [0, 0.1) is 0 Å². The van der Waals surface area contributed by atoms with Crippen LogP contribution in [-0.2, 0) is 19.1 Å². The second kappa shape index (κ2) is 19.2. The third kappa shape index (κ3) is 15.9. The molecule has 6 nitrogen and oxygen atoms in total. The molecule has 0 aliphatic heterocycles. The number of ether oxygens (including phenoxy) is 1. The monoisotopic (exact) mass is 440 g/mol. The van der Waals surface area contributed by atoms with Gasteiger partial charge in [-0.05, 0) is 46.0 Å². The maximum Gasteiger partial charge on any atom is 0.306 e. The summed E-state index contributed by atoms with van der Waals surface area (Å²) in [6, 6.07) is 0. The number of carbonyl (C=O) groups is 3. The van der Waals surface area contributed by atoms with Gasteiger partial charge in [-0.3, -0.25) is 14.4 Å². The van der Waals surface area contributed by atoms with Gasteiger partial charge in [-0.1, -0.05) is 70.4 Å². The summed E-state index contributed by atoms with van der Waals surface area (Å²) >= 11 is 0. The minimum Gasteiger partial charge on any atom is -0.451 e. The van der Waals surface area contributed by atoms with Crippen LogP contribution in [0.15, 0.2) is 12.2 Å². The van der Waals surface area contributed by atoms with E-state index in [0.717, 1.165) is 46.0 Å². The molecule has 6 heteroatoms. The van der Waals surface area contributed by atoms with Crippen molar-refractivity contribution >= 4 is 17.5 Å². The van der Waals surface area contributed by atoms with E-state index >= 15 is 0 Å². The van der Waals surface area contributed by atoms with Crippen LogP contribution in [0.1, 0.15) is 111 Å². The lowest BCUT2D eigenvalue weighted by atomic mass is 10.0. The van der Waals surface area contributed by atoms with Gasteiger partial charge in [-0.2, -0.15) is 0 Å². The molecule has 2 N–H and O–H groups in total. The van der Waals surface area contributed by atoms with E-state index in [9.17, 15) is 24.6 Å². The van der Waals surface area contributed by atoms with Crippen molar-refractivity contribution in [1.29, 1.82) is 0 Å². The Hall–Kier alpha value is -1.53. The second-order valence-corrected chi connectivity index (χ2v) is 8.40. The first-order valence-electron chi connectivity index (χ1n) is 12.0. The molecule has 0 radical (unpaired) electrons. The van der Waals surface area contributed by atoms with E-state index < -0.39 is 35.8 Å². The van der Waals surface area contributed by atoms with Crippen LogP contribution < -0.4 is 0 Å². The van der Waals surface area contributed by atoms with Gasteiger partial charge in [-0.15, -0.1) is 0 Å². The summed E-state index contributed by atoms with van der Waals surface area (Å²) in [6.07, 6.45) is 14.7. The number of hydrogen-bond acceptors (Lipinski definition) is 6. The molecule has 0 rings (SSSR count). The maximum absolute atomic E-state index is 11.9. The normalized spacial score (nSPS) is 14.4. The van der Waals surface area contributed by atoms with E-state index in [1.54, 1.807) is 0 Å². The molecule has 180 valence electrons. The van der Waals surface area contributed by atoms with Gasteiger partial charge in [0.15, 0.2) is 17.7 Å². The number of aliphatic hydroxyl groups is 2. The molecule has 0 saturated heterocycles. The molecule has 0 aromatic carbocycles. The molecular weight excluding hydrogens is 396 g/mol. The molecule has 0 fully saturated rings. The zero-order valence-corrected chi connectivity index (χ0v) is 19.8. The van der Waals surface area contributed by atoms with Crippen LogP contribution in [0.3, 0.4) is 0 Å². The van der Waals surface area contributed by atoms with Crippen molar-refractivity contribution in [2.24, 2.45) is 0 Å². The first-order valence-corrected chi connectivity index (χ1v) is 12.0. The lowest BCUT2D eigenvalue weighted by Gasteiger charge is -2.23. The van der Waals surface area contributed by atoms with E-state index in [2.05, 4.69) is 19.1 Å². The quantitative estimate of drug-likeness (QED) is 0.160. The number of esters is 1. The van der Waals surface area contributed by atoms with Crippen molar-refractivity contribution in [3.05, 3.63) is 12.2 Å². The summed E-state index contributed by atoms with van der Waals surface area (Å²) in [5, 5.41) is 19.5. The van der Waals surface area contributed by atoms with Gasteiger partial charge in [0.2, 0.25) is 0 Å². The third-order valence-corrected chi connectivity index (χ3v) is 5.35.